The number of nitrogens with zero attached hydrogens (tertiary/aromatic N) is 1. The van der Waals surface area contributed by atoms with Crippen LogP contribution in [-0.2, 0) is 17.3 Å². The second-order valence-corrected chi connectivity index (χ2v) is 17.5. The SMILES string of the molecule is CCc1c(Cl)ccc2c1cc(CCO[Si](c1ccccc1)(c1ccccc1)C(C)(C)C)n2C(c1ccccc1)c1ccccc1. The average molecular weight is 628 g/mol. The van der Waals surface area contributed by atoms with Crippen LogP contribution < -0.4 is 10.4 Å². The fourth-order valence-corrected chi connectivity index (χ4v) is 11.9. The summed E-state index contributed by atoms with van der Waals surface area (Å²) in [6.07, 6.45) is 1.65. The van der Waals surface area contributed by atoms with E-state index in [0.717, 1.165) is 17.9 Å². The molecule has 0 fully saturated rings. The van der Waals surface area contributed by atoms with Crippen molar-refractivity contribution in [3.8, 4) is 0 Å². The highest BCUT2D eigenvalue weighted by atomic mass is 35.5. The number of hydrogen-bond donors (Lipinski definition) is 0. The molecular weight excluding hydrogens is 586 g/mol. The Bertz CT molecular complexity index is 1770. The number of aryl methyl sites for hydroxylation is 1. The summed E-state index contributed by atoms with van der Waals surface area (Å²) in [5.41, 5.74) is 6.15. The van der Waals surface area contributed by atoms with Crippen molar-refractivity contribution in [3.63, 3.8) is 0 Å². The zero-order chi connectivity index (χ0) is 31.4. The first-order valence-electron chi connectivity index (χ1n) is 16.0. The Morgan fingerprint density at radius 2 is 1.18 bits per heavy atom. The fourth-order valence-electron chi connectivity index (χ4n) is 7.08. The van der Waals surface area contributed by atoms with Gasteiger partial charge in [0.1, 0.15) is 0 Å². The molecule has 0 aliphatic rings. The smallest absolute Gasteiger partial charge is 0.261 e. The Balaban J connectivity index is 1.49. The van der Waals surface area contributed by atoms with Gasteiger partial charge in [0.2, 0.25) is 0 Å². The molecule has 0 amide bonds. The maximum absolute atomic E-state index is 7.39. The van der Waals surface area contributed by atoms with Gasteiger partial charge >= 0.3 is 0 Å². The van der Waals surface area contributed by atoms with Crippen LogP contribution in [0.3, 0.4) is 0 Å². The van der Waals surface area contributed by atoms with E-state index in [1.165, 1.54) is 43.7 Å². The molecular formula is C41H42ClNOSi. The molecule has 0 aliphatic heterocycles. The maximum Gasteiger partial charge on any atom is 0.261 e. The normalized spacial score (nSPS) is 12.2. The van der Waals surface area contributed by atoms with Gasteiger partial charge in [0.15, 0.2) is 0 Å². The van der Waals surface area contributed by atoms with Gasteiger partial charge in [-0.1, -0.05) is 161 Å². The third kappa shape index (κ3) is 5.93. The molecule has 2 nitrogen and oxygen atoms in total. The van der Waals surface area contributed by atoms with Crippen LogP contribution in [0.5, 0.6) is 0 Å². The molecule has 1 aromatic heterocycles. The molecule has 0 bridgehead atoms. The largest absolute Gasteiger partial charge is 0.407 e. The Labute approximate surface area is 274 Å². The number of fused-ring (bicyclic) bond motifs is 1. The van der Waals surface area contributed by atoms with Gasteiger partial charge in [-0.15, -0.1) is 0 Å². The Morgan fingerprint density at radius 1 is 0.689 bits per heavy atom. The quantitative estimate of drug-likeness (QED) is 0.138. The molecule has 6 rings (SSSR count). The van der Waals surface area contributed by atoms with E-state index in [1.807, 2.05) is 0 Å². The van der Waals surface area contributed by atoms with Gasteiger partial charge in [0.05, 0.1) is 6.04 Å². The highest BCUT2D eigenvalue weighted by Gasteiger charge is 2.50. The maximum atomic E-state index is 7.39. The van der Waals surface area contributed by atoms with Crippen molar-refractivity contribution in [3.05, 3.63) is 167 Å². The average Bonchev–Trinajstić information content (AvgIpc) is 3.42. The van der Waals surface area contributed by atoms with Gasteiger partial charge in [0.25, 0.3) is 8.32 Å². The molecule has 6 aromatic rings. The molecule has 0 spiro atoms. The first kappa shape index (κ1) is 31.1. The monoisotopic (exact) mass is 627 g/mol. The lowest BCUT2D eigenvalue weighted by Gasteiger charge is -2.43. The third-order valence-electron chi connectivity index (χ3n) is 9.09. The molecule has 0 N–H and O–H groups in total. The highest BCUT2D eigenvalue weighted by molar-refractivity contribution is 6.99. The molecule has 4 heteroatoms. The van der Waals surface area contributed by atoms with E-state index in [9.17, 15) is 0 Å². The van der Waals surface area contributed by atoms with Crippen LogP contribution in [0.25, 0.3) is 10.9 Å². The lowest BCUT2D eigenvalue weighted by Crippen LogP contribution is -2.66. The summed E-state index contributed by atoms with van der Waals surface area (Å²) in [4.78, 5) is 0. The lowest BCUT2D eigenvalue weighted by atomic mass is 9.97. The summed E-state index contributed by atoms with van der Waals surface area (Å²) >= 11 is 6.80. The van der Waals surface area contributed by atoms with Gasteiger partial charge in [-0.3, -0.25) is 0 Å². The summed E-state index contributed by atoms with van der Waals surface area (Å²) in [5.74, 6) is 0. The standard InChI is InChI=1S/C41H42ClNOSi/c1-5-36-37-30-33(28-29-44-45(41(2,3)4,34-22-14-8-15-23-34)35-24-16-9-17-25-35)43(39(37)27-26-38(36)42)40(31-18-10-6-11-19-31)32-20-12-7-13-21-32/h6-27,30,40H,5,28-29H2,1-4H3. The molecule has 0 saturated heterocycles. The topological polar surface area (TPSA) is 14.2 Å². The number of aromatic nitrogens is 1. The van der Waals surface area contributed by atoms with Crippen molar-refractivity contribution < 1.29 is 4.43 Å². The van der Waals surface area contributed by atoms with Gasteiger partial charge in [-0.05, 0) is 56.7 Å². The summed E-state index contributed by atoms with van der Waals surface area (Å²) in [6, 6.07) is 50.1. The summed E-state index contributed by atoms with van der Waals surface area (Å²) < 4.78 is 9.92. The predicted molar refractivity (Wildman–Crippen MR) is 194 cm³/mol. The van der Waals surface area contributed by atoms with E-state index >= 15 is 0 Å². The van der Waals surface area contributed by atoms with E-state index in [2.05, 4.69) is 172 Å². The number of benzene rings is 5. The predicted octanol–water partition coefficient (Wildman–Crippen LogP) is 9.61. The van der Waals surface area contributed by atoms with Crippen molar-refractivity contribution in [1.29, 1.82) is 0 Å². The van der Waals surface area contributed by atoms with E-state index < -0.39 is 8.32 Å². The van der Waals surface area contributed by atoms with Crippen LogP contribution in [0.2, 0.25) is 10.1 Å². The number of hydrogen-bond acceptors (Lipinski definition) is 1. The van der Waals surface area contributed by atoms with Gasteiger partial charge < -0.3 is 8.99 Å². The molecule has 228 valence electrons. The Hall–Kier alpha value is -3.89. The Morgan fingerprint density at radius 3 is 1.64 bits per heavy atom. The van der Waals surface area contributed by atoms with Gasteiger partial charge in [-0.25, -0.2) is 0 Å². The molecule has 0 atom stereocenters. The van der Waals surface area contributed by atoms with Crippen LogP contribution in [-0.4, -0.2) is 19.5 Å². The van der Waals surface area contributed by atoms with Gasteiger partial charge in [-0.2, -0.15) is 0 Å². The molecule has 45 heavy (non-hydrogen) atoms. The zero-order valence-corrected chi connectivity index (χ0v) is 28.5. The molecule has 0 unspecified atom stereocenters. The van der Waals surface area contributed by atoms with Crippen LogP contribution >= 0.6 is 11.6 Å². The summed E-state index contributed by atoms with van der Waals surface area (Å²) in [7, 11) is -2.67. The third-order valence-corrected chi connectivity index (χ3v) is 14.5. The van der Waals surface area contributed by atoms with Crippen LogP contribution in [0.15, 0.2) is 140 Å². The Kier molecular flexibility index (Phi) is 9.14. The van der Waals surface area contributed by atoms with Gasteiger partial charge in [0, 0.05) is 34.6 Å². The van der Waals surface area contributed by atoms with E-state index in [-0.39, 0.29) is 11.1 Å². The molecule has 0 aliphatic carbocycles. The second kappa shape index (κ2) is 13.2. The van der Waals surface area contributed by atoms with E-state index in [1.54, 1.807) is 0 Å². The molecule has 0 saturated carbocycles. The van der Waals surface area contributed by atoms with E-state index in [0.29, 0.717) is 6.61 Å². The van der Waals surface area contributed by atoms with Crippen molar-refractivity contribution in [2.24, 2.45) is 0 Å². The van der Waals surface area contributed by atoms with Crippen LogP contribution in [0.1, 0.15) is 56.1 Å². The van der Waals surface area contributed by atoms with Crippen molar-refractivity contribution in [2.45, 2.75) is 51.6 Å². The zero-order valence-electron chi connectivity index (χ0n) is 26.7. The molecule has 1 heterocycles. The minimum atomic E-state index is -2.67. The van der Waals surface area contributed by atoms with Crippen molar-refractivity contribution >= 4 is 41.2 Å². The first-order valence-corrected chi connectivity index (χ1v) is 18.3. The first-order chi connectivity index (χ1) is 21.8. The van der Waals surface area contributed by atoms with Crippen molar-refractivity contribution in [2.75, 3.05) is 6.61 Å². The molecule has 5 aromatic carbocycles. The fraction of sp³-hybridized carbons (Fsp3) is 0.220. The van der Waals surface area contributed by atoms with E-state index in [4.69, 9.17) is 16.0 Å². The second-order valence-electron chi connectivity index (χ2n) is 12.8. The number of halogens is 1. The van der Waals surface area contributed by atoms with Crippen molar-refractivity contribution in [1.82, 2.24) is 4.57 Å². The minimum absolute atomic E-state index is 0.0126. The minimum Gasteiger partial charge on any atom is -0.407 e. The van der Waals surface area contributed by atoms with Crippen LogP contribution in [0.4, 0.5) is 0 Å². The number of rotatable bonds is 10. The lowest BCUT2D eigenvalue weighted by molar-refractivity contribution is 0.299. The summed E-state index contributed by atoms with van der Waals surface area (Å²) in [5, 5.41) is 4.57. The summed E-state index contributed by atoms with van der Waals surface area (Å²) in [6.45, 7) is 9.82. The van der Waals surface area contributed by atoms with Crippen LogP contribution in [0, 0.1) is 0 Å². The molecule has 0 radical (unpaired) electrons. The highest BCUT2D eigenvalue weighted by Crippen LogP contribution is 2.39.